The number of nitrogens with zero attached hydrogens (tertiary/aromatic N) is 1. The number of hydrogen-bond acceptors (Lipinski definition) is 5. The van der Waals surface area contributed by atoms with Gasteiger partial charge in [-0.1, -0.05) is 62.1 Å². The number of benzene rings is 1. The second-order valence-electron chi connectivity index (χ2n) is 8.40. The lowest BCUT2D eigenvalue weighted by molar-refractivity contribution is -0.139. The van der Waals surface area contributed by atoms with E-state index < -0.39 is 22.0 Å². The molecule has 0 spiro atoms. The van der Waals surface area contributed by atoms with E-state index in [2.05, 4.69) is 22.2 Å². The van der Waals surface area contributed by atoms with Gasteiger partial charge in [0.25, 0.3) is 0 Å². The molecule has 2 heterocycles. The third-order valence-corrected chi connectivity index (χ3v) is 7.05. The number of rotatable bonds is 13. The number of hydrogen-bond donors (Lipinski definition) is 3. The summed E-state index contributed by atoms with van der Waals surface area (Å²) in [7, 11) is -3.71. The van der Waals surface area contributed by atoms with Gasteiger partial charge in [-0.15, -0.1) is 0 Å². The van der Waals surface area contributed by atoms with Crippen molar-refractivity contribution >= 4 is 21.8 Å². The highest BCUT2D eigenvalue weighted by Gasteiger charge is 2.23. The van der Waals surface area contributed by atoms with Crippen molar-refractivity contribution in [3.05, 3.63) is 59.3 Å². The van der Waals surface area contributed by atoms with Crippen molar-refractivity contribution in [2.24, 2.45) is 0 Å². The van der Waals surface area contributed by atoms with Crippen molar-refractivity contribution in [2.75, 3.05) is 11.9 Å². The van der Waals surface area contributed by atoms with Crippen LogP contribution in [0.15, 0.2) is 42.5 Å². The number of carbonyl (C=O) groups is 1. The molecule has 1 aromatic heterocycles. The van der Waals surface area contributed by atoms with Crippen LogP contribution in [-0.2, 0) is 33.4 Å². The number of pyridine rings is 1. The van der Waals surface area contributed by atoms with Crippen LogP contribution < -0.4 is 10.0 Å². The number of anilines is 1. The summed E-state index contributed by atoms with van der Waals surface area (Å²) in [6, 6.07) is 12.0. The Bertz CT molecular complexity index is 980. The molecule has 1 atom stereocenters. The van der Waals surface area contributed by atoms with Gasteiger partial charge in [0.05, 0.1) is 5.75 Å². The molecule has 0 saturated heterocycles. The summed E-state index contributed by atoms with van der Waals surface area (Å²) in [5.41, 5.74) is 3.04. The highest BCUT2D eigenvalue weighted by Crippen LogP contribution is 2.20. The van der Waals surface area contributed by atoms with Gasteiger partial charge >= 0.3 is 5.97 Å². The van der Waals surface area contributed by atoms with Gasteiger partial charge in [-0.2, -0.15) is 0 Å². The van der Waals surface area contributed by atoms with Crippen LogP contribution in [0.5, 0.6) is 0 Å². The highest BCUT2D eigenvalue weighted by molar-refractivity contribution is 7.88. The van der Waals surface area contributed by atoms with E-state index >= 15 is 0 Å². The zero-order valence-corrected chi connectivity index (χ0v) is 19.2. The van der Waals surface area contributed by atoms with Gasteiger partial charge < -0.3 is 10.4 Å². The van der Waals surface area contributed by atoms with Crippen molar-refractivity contribution < 1.29 is 18.3 Å². The van der Waals surface area contributed by atoms with Crippen molar-refractivity contribution in [1.82, 2.24) is 9.71 Å². The summed E-state index contributed by atoms with van der Waals surface area (Å²) in [5, 5.41) is 12.8. The average molecular weight is 460 g/mol. The fourth-order valence-electron chi connectivity index (χ4n) is 3.98. The molecule has 0 radical (unpaired) electrons. The Hall–Kier alpha value is -2.45. The van der Waals surface area contributed by atoms with Crippen LogP contribution in [0.3, 0.4) is 0 Å². The van der Waals surface area contributed by atoms with Gasteiger partial charge in [0.1, 0.15) is 11.9 Å². The number of fused-ring (bicyclic) bond motifs is 1. The molecule has 0 fully saturated rings. The van der Waals surface area contributed by atoms with Gasteiger partial charge in [0, 0.05) is 12.2 Å². The standard InChI is InChI=1S/C24H33N3O4S/c28-24(29)22(27-32(30,31)18-19-10-5-4-6-11-19)14-8-3-1-2-7-13-21-16-15-20-12-9-17-25-23(20)26-21/h4-6,10-11,15-16,22,27H,1-3,7-9,12-14,17-18H2,(H,25,26)(H,28,29)/t22-/m0/s1. The van der Waals surface area contributed by atoms with Gasteiger partial charge in [-0.25, -0.2) is 18.1 Å². The molecule has 0 saturated carbocycles. The van der Waals surface area contributed by atoms with E-state index in [-0.39, 0.29) is 5.75 Å². The van der Waals surface area contributed by atoms with Crippen LogP contribution >= 0.6 is 0 Å². The minimum Gasteiger partial charge on any atom is -0.480 e. The highest BCUT2D eigenvalue weighted by atomic mass is 32.2. The Morgan fingerprint density at radius 1 is 1.06 bits per heavy atom. The van der Waals surface area contributed by atoms with E-state index in [1.165, 1.54) is 5.56 Å². The van der Waals surface area contributed by atoms with Gasteiger partial charge in [0.15, 0.2) is 0 Å². The molecule has 3 N–H and O–H groups in total. The molecular weight excluding hydrogens is 426 g/mol. The summed E-state index contributed by atoms with van der Waals surface area (Å²) < 4.78 is 27.0. The minimum absolute atomic E-state index is 0.218. The number of aromatic nitrogens is 1. The molecule has 1 aliphatic heterocycles. The maximum absolute atomic E-state index is 12.3. The van der Waals surface area contributed by atoms with Crippen LogP contribution in [0.4, 0.5) is 5.82 Å². The lowest BCUT2D eigenvalue weighted by Gasteiger charge is -2.17. The smallest absolute Gasteiger partial charge is 0.321 e. The van der Waals surface area contributed by atoms with Crippen molar-refractivity contribution in [3.8, 4) is 0 Å². The first-order chi connectivity index (χ1) is 15.4. The normalized spacial score (nSPS) is 14.4. The summed E-state index contributed by atoms with van der Waals surface area (Å²) in [6.07, 6.45) is 8.11. The molecule has 1 aliphatic rings. The Balaban J connectivity index is 1.34. The van der Waals surface area contributed by atoms with Crippen LogP contribution in [0.25, 0.3) is 0 Å². The average Bonchev–Trinajstić information content (AvgIpc) is 2.77. The maximum atomic E-state index is 12.3. The fraction of sp³-hybridized carbons (Fsp3) is 0.500. The Labute approximate surface area is 190 Å². The zero-order valence-electron chi connectivity index (χ0n) is 18.4. The monoisotopic (exact) mass is 459 g/mol. The molecule has 1 aromatic carbocycles. The Morgan fingerprint density at radius 2 is 1.81 bits per heavy atom. The SMILES string of the molecule is O=C(O)[C@H](CCCCCCCc1ccc2c(n1)NCCC2)NS(=O)(=O)Cc1ccccc1. The molecule has 32 heavy (non-hydrogen) atoms. The van der Waals surface area contributed by atoms with Gasteiger partial charge in [0.2, 0.25) is 10.0 Å². The predicted molar refractivity (Wildman–Crippen MR) is 126 cm³/mol. The number of carboxylic acid groups (broad SMARTS) is 1. The molecule has 0 bridgehead atoms. The second kappa shape index (κ2) is 12.0. The van der Waals surface area contributed by atoms with E-state index in [1.54, 1.807) is 24.3 Å². The summed E-state index contributed by atoms with van der Waals surface area (Å²) >= 11 is 0. The zero-order chi connectivity index (χ0) is 22.8. The number of carboxylic acids is 1. The lowest BCUT2D eigenvalue weighted by Crippen LogP contribution is -2.41. The topological polar surface area (TPSA) is 108 Å². The lowest BCUT2D eigenvalue weighted by atomic mass is 10.0. The van der Waals surface area contributed by atoms with Gasteiger partial charge in [-0.3, -0.25) is 4.79 Å². The van der Waals surface area contributed by atoms with Gasteiger partial charge in [-0.05, 0) is 49.3 Å². The molecule has 3 rings (SSSR count). The number of aryl methyl sites for hydroxylation is 2. The van der Waals surface area contributed by atoms with Crippen LogP contribution in [-0.4, -0.2) is 37.1 Å². The number of nitrogens with one attached hydrogen (secondary N) is 2. The fourth-order valence-corrected chi connectivity index (χ4v) is 5.34. The predicted octanol–water partition coefficient (Wildman–Crippen LogP) is 3.90. The van der Waals surface area contributed by atoms with E-state index in [4.69, 9.17) is 4.98 Å². The summed E-state index contributed by atoms with van der Waals surface area (Å²) in [6.45, 7) is 0.989. The quantitative estimate of drug-likeness (QED) is 0.392. The molecule has 2 aromatic rings. The second-order valence-corrected chi connectivity index (χ2v) is 10.2. The maximum Gasteiger partial charge on any atom is 0.321 e. The molecular formula is C24H33N3O4S. The molecule has 0 unspecified atom stereocenters. The van der Waals surface area contributed by atoms with Crippen molar-refractivity contribution in [2.45, 2.75) is 69.6 Å². The minimum atomic E-state index is -3.71. The van der Waals surface area contributed by atoms with Crippen molar-refractivity contribution in [3.63, 3.8) is 0 Å². The largest absolute Gasteiger partial charge is 0.480 e. The van der Waals surface area contributed by atoms with E-state index in [1.807, 2.05) is 6.07 Å². The van der Waals surface area contributed by atoms with Crippen molar-refractivity contribution in [1.29, 1.82) is 0 Å². The number of aliphatic carboxylic acids is 1. The van der Waals surface area contributed by atoms with E-state index in [0.29, 0.717) is 18.4 Å². The number of sulfonamides is 1. The molecule has 7 nitrogen and oxygen atoms in total. The Kier molecular flexibility index (Phi) is 9.05. The van der Waals surface area contributed by atoms with Crippen LogP contribution in [0, 0.1) is 0 Å². The summed E-state index contributed by atoms with van der Waals surface area (Å²) in [5.74, 6) is -0.318. The first kappa shape index (κ1) is 24.2. The van der Waals surface area contributed by atoms with E-state index in [0.717, 1.165) is 63.0 Å². The molecule has 0 aliphatic carbocycles. The third kappa shape index (κ3) is 7.91. The van der Waals surface area contributed by atoms with E-state index in [9.17, 15) is 18.3 Å². The third-order valence-electron chi connectivity index (χ3n) is 5.70. The first-order valence-electron chi connectivity index (χ1n) is 11.4. The number of unbranched alkanes of at least 4 members (excludes halogenated alkanes) is 4. The molecule has 174 valence electrons. The molecule has 8 heteroatoms. The summed E-state index contributed by atoms with van der Waals surface area (Å²) in [4.78, 5) is 16.2. The molecule has 0 amide bonds. The van der Waals surface area contributed by atoms with Crippen LogP contribution in [0.1, 0.15) is 61.8 Å². The first-order valence-corrected chi connectivity index (χ1v) is 13.1. The Morgan fingerprint density at radius 3 is 2.59 bits per heavy atom. The van der Waals surface area contributed by atoms with Crippen LogP contribution in [0.2, 0.25) is 0 Å².